The van der Waals surface area contributed by atoms with Crippen molar-refractivity contribution < 1.29 is 15.1 Å². The first-order chi connectivity index (χ1) is 9.90. The summed E-state index contributed by atoms with van der Waals surface area (Å²) in [6.07, 6.45) is 10.1. The van der Waals surface area contributed by atoms with Crippen molar-refractivity contribution in [2.45, 2.75) is 58.3 Å². The van der Waals surface area contributed by atoms with Crippen molar-refractivity contribution in [1.29, 1.82) is 0 Å². The Bertz CT molecular complexity index is 306. The summed E-state index contributed by atoms with van der Waals surface area (Å²) in [5.74, 6) is 0.112. The van der Waals surface area contributed by atoms with Gasteiger partial charge < -0.3 is 16.7 Å². The van der Waals surface area contributed by atoms with Crippen LogP contribution in [0.25, 0.3) is 0 Å². The summed E-state index contributed by atoms with van der Waals surface area (Å²) in [5.41, 5.74) is 10.3. The Kier molecular flexibility index (Phi) is 16.2. The number of urea groups is 1. The Hall–Kier alpha value is -2.06. The number of nitrogens with two attached hydrogens (primary N) is 2. The molecule has 0 rings (SSSR count). The molecule has 0 saturated heterocycles. The molecular weight excluding hydrogens is 278 g/mol. The van der Waals surface area contributed by atoms with Crippen molar-refractivity contribution in [1.82, 2.24) is 5.32 Å². The molecule has 0 aromatic rings. The summed E-state index contributed by atoms with van der Waals surface area (Å²) in [4.78, 5) is 22.8. The molecule has 9 nitrogen and oxygen atoms in total. The smallest absolute Gasteiger partial charge is 0.318 e. The van der Waals surface area contributed by atoms with E-state index < -0.39 is 11.1 Å². The number of amides is 2. The number of carbonyl (C=O) groups excluding carboxylic acids is 1. The van der Waals surface area contributed by atoms with Crippen LogP contribution in [0.4, 0.5) is 4.79 Å². The van der Waals surface area contributed by atoms with E-state index in [9.17, 15) is 4.79 Å². The second-order valence-electron chi connectivity index (χ2n) is 4.47. The highest BCUT2D eigenvalue weighted by atomic mass is 16.9. The maximum atomic E-state index is 10.4. The molecule has 2 amide bonds. The van der Waals surface area contributed by atoms with Crippen LogP contribution in [0.15, 0.2) is 4.99 Å². The number of primary amides is 1. The summed E-state index contributed by atoms with van der Waals surface area (Å²) in [6, 6.07) is -0.665. The molecule has 0 aliphatic heterocycles. The van der Waals surface area contributed by atoms with Crippen LogP contribution in [0.2, 0.25) is 0 Å². The number of carbonyl (C=O) groups is 1. The van der Waals surface area contributed by atoms with E-state index in [0.29, 0.717) is 6.54 Å². The lowest BCUT2D eigenvalue weighted by atomic mass is 10.1. The largest absolute Gasteiger partial charge is 0.370 e. The maximum absolute atomic E-state index is 10.4. The lowest BCUT2D eigenvalue weighted by Crippen LogP contribution is -2.40. The third-order valence-electron chi connectivity index (χ3n) is 2.55. The van der Waals surface area contributed by atoms with Crippen molar-refractivity contribution in [3.63, 3.8) is 0 Å². The molecule has 0 aliphatic carbocycles. The third-order valence-corrected chi connectivity index (χ3v) is 2.55. The summed E-state index contributed by atoms with van der Waals surface area (Å²) < 4.78 is 0. The molecule has 0 unspecified atom stereocenters. The first-order valence-corrected chi connectivity index (χ1v) is 7.09. The zero-order valence-electron chi connectivity index (χ0n) is 12.6. The van der Waals surface area contributed by atoms with Crippen molar-refractivity contribution in [3.8, 4) is 0 Å². The van der Waals surface area contributed by atoms with Gasteiger partial charge in [-0.3, -0.25) is 10.3 Å². The minimum absolute atomic E-state index is 0.112. The van der Waals surface area contributed by atoms with Crippen molar-refractivity contribution in [2.75, 3.05) is 6.54 Å². The number of hydrogen-bond acceptors (Lipinski definition) is 4. The van der Waals surface area contributed by atoms with Gasteiger partial charge in [-0.2, -0.15) is 0 Å². The highest BCUT2D eigenvalue weighted by Crippen LogP contribution is 2.08. The number of hydrogen-bond donors (Lipinski definition) is 4. The van der Waals surface area contributed by atoms with E-state index in [4.69, 9.17) is 26.8 Å². The molecule has 0 spiro atoms. The monoisotopic (exact) mass is 305 g/mol. The zero-order chi connectivity index (χ0) is 16.5. The van der Waals surface area contributed by atoms with Gasteiger partial charge in [0.15, 0.2) is 5.96 Å². The fourth-order valence-electron chi connectivity index (χ4n) is 1.61. The summed E-state index contributed by atoms with van der Waals surface area (Å²) in [6.45, 7) is 2.88. The van der Waals surface area contributed by atoms with Gasteiger partial charge in [-0.1, -0.05) is 51.9 Å². The molecule has 9 heteroatoms. The van der Waals surface area contributed by atoms with E-state index in [1.807, 2.05) is 0 Å². The van der Waals surface area contributed by atoms with Gasteiger partial charge in [0.05, 0.1) is 0 Å². The molecule has 0 aliphatic rings. The first-order valence-electron chi connectivity index (χ1n) is 7.09. The average Bonchev–Trinajstić information content (AvgIpc) is 2.35. The fourth-order valence-corrected chi connectivity index (χ4v) is 1.61. The highest BCUT2D eigenvalue weighted by molar-refractivity contribution is 5.94. The highest BCUT2D eigenvalue weighted by Gasteiger charge is 1.95. The van der Waals surface area contributed by atoms with Crippen LogP contribution in [0.5, 0.6) is 0 Å². The molecule has 0 radical (unpaired) electrons. The number of nitrogens with zero attached hydrogens (tertiary/aromatic N) is 2. The van der Waals surface area contributed by atoms with E-state index in [1.165, 1.54) is 44.9 Å². The summed E-state index contributed by atoms with van der Waals surface area (Å²) in [7, 11) is 0. The molecule has 0 aromatic heterocycles. The zero-order valence-corrected chi connectivity index (χ0v) is 12.6. The van der Waals surface area contributed by atoms with Gasteiger partial charge in [0.1, 0.15) is 0 Å². The standard InChI is InChI=1S/C12H26N4O.HNO3/c1-2-3-4-5-6-7-8-9-10-15-11(13)16-12(14)17;2-1(3)4/h2-10H2,1H3,(H5,13,14,15,16,17);(H,2,3,4). The molecule has 0 heterocycles. The van der Waals surface area contributed by atoms with E-state index in [1.54, 1.807) is 0 Å². The quantitative estimate of drug-likeness (QED) is 0.168. The van der Waals surface area contributed by atoms with Crippen molar-refractivity contribution in [3.05, 3.63) is 10.1 Å². The molecule has 0 saturated carbocycles. The van der Waals surface area contributed by atoms with Crippen LogP contribution in [0.3, 0.4) is 0 Å². The minimum Gasteiger partial charge on any atom is -0.370 e. The Balaban J connectivity index is 0. The third kappa shape index (κ3) is 27.2. The molecule has 0 bridgehead atoms. The molecule has 0 atom stereocenters. The molecular formula is C12H27N5O4. The van der Waals surface area contributed by atoms with Crippen LogP contribution in [0, 0.1) is 10.1 Å². The summed E-state index contributed by atoms with van der Waals surface area (Å²) in [5, 5.41) is 15.9. The van der Waals surface area contributed by atoms with Crippen LogP contribution < -0.4 is 16.8 Å². The van der Waals surface area contributed by atoms with Crippen LogP contribution in [-0.4, -0.2) is 28.8 Å². The fraction of sp³-hybridized carbons (Fsp3) is 0.833. The molecule has 21 heavy (non-hydrogen) atoms. The molecule has 124 valence electrons. The normalized spacial score (nSPS) is 10.4. The SMILES string of the molecule is CCCCCCCCCCN=C(N)NC(N)=O.O=[N+]([O-])O. The average molecular weight is 305 g/mol. The lowest BCUT2D eigenvalue weighted by molar-refractivity contribution is -0.742. The van der Waals surface area contributed by atoms with Gasteiger partial charge in [-0.25, -0.2) is 4.79 Å². The van der Waals surface area contributed by atoms with Gasteiger partial charge in [0, 0.05) is 6.54 Å². The minimum atomic E-state index is -1.50. The first kappa shape index (κ1) is 21.2. The Labute approximate surface area is 124 Å². The van der Waals surface area contributed by atoms with Crippen molar-refractivity contribution >= 4 is 12.0 Å². The second kappa shape index (κ2) is 16.0. The number of unbranched alkanes of at least 4 members (excludes halogenated alkanes) is 7. The van der Waals surface area contributed by atoms with Crippen LogP contribution in [-0.2, 0) is 0 Å². The maximum Gasteiger partial charge on any atom is 0.318 e. The van der Waals surface area contributed by atoms with Gasteiger partial charge >= 0.3 is 6.03 Å². The Morgan fingerprint density at radius 2 is 1.57 bits per heavy atom. The predicted octanol–water partition coefficient (Wildman–Crippen LogP) is 1.76. The summed E-state index contributed by atoms with van der Waals surface area (Å²) >= 11 is 0. The van der Waals surface area contributed by atoms with Gasteiger partial charge in [-0.15, -0.1) is 10.1 Å². The van der Waals surface area contributed by atoms with E-state index in [-0.39, 0.29) is 5.96 Å². The molecule has 0 aromatic carbocycles. The van der Waals surface area contributed by atoms with Gasteiger partial charge in [-0.05, 0) is 6.42 Å². The van der Waals surface area contributed by atoms with Crippen LogP contribution >= 0.6 is 0 Å². The number of aliphatic imine (C=N–C) groups is 1. The second-order valence-corrected chi connectivity index (χ2v) is 4.47. The van der Waals surface area contributed by atoms with Gasteiger partial charge in [0.25, 0.3) is 5.09 Å². The van der Waals surface area contributed by atoms with E-state index in [2.05, 4.69) is 17.2 Å². The molecule has 6 N–H and O–H groups in total. The molecule has 0 fully saturated rings. The van der Waals surface area contributed by atoms with E-state index in [0.717, 1.165) is 6.42 Å². The van der Waals surface area contributed by atoms with E-state index >= 15 is 0 Å². The Morgan fingerprint density at radius 1 is 1.14 bits per heavy atom. The number of guanidine groups is 1. The lowest BCUT2D eigenvalue weighted by Gasteiger charge is -2.01. The van der Waals surface area contributed by atoms with Crippen LogP contribution in [0.1, 0.15) is 58.3 Å². The number of rotatable bonds is 9. The number of nitrogens with one attached hydrogen (secondary N) is 1. The van der Waals surface area contributed by atoms with Crippen molar-refractivity contribution in [2.24, 2.45) is 16.5 Å². The Morgan fingerprint density at radius 3 is 2.00 bits per heavy atom. The topological polar surface area (TPSA) is 157 Å². The van der Waals surface area contributed by atoms with Gasteiger partial charge in [0.2, 0.25) is 0 Å². The predicted molar refractivity (Wildman–Crippen MR) is 80.6 cm³/mol.